The zero-order chi connectivity index (χ0) is 23.7. The summed E-state index contributed by atoms with van der Waals surface area (Å²) in [5.74, 6) is 0.585. The second-order valence-corrected chi connectivity index (χ2v) is 7.45. The van der Waals surface area contributed by atoms with Gasteiger partial charge in [0.15, 0.2) is 11.6 Å². The summed E-state index contributed by atoms with van der Waals surface area (Å²) in [5.41, 5.74) is 1.39. The third kappa shape index (κ3) is 3.58. The number of fused-ring (bicyclic) bond motifs is 3. The van der Waals surface area contributed by atoms with Crippen LogP contribution in [-0.2, 0) is 17.9 Å². The van der Waals surface area contributed by atoms with E-state index in [0.29, 0.717) is 29.0 Å². The van der Waals surface area contributed by atoms with Gasteiger partial charge in [-0.2, -0.15) is 5.10 Å². The molecule has 0 unspecified atom stereocenters. The highest BCUT2D eigenvalue weighted by atomic mass is 16.5. The van der Waals surface area contributed by atoms with E-state index < -0.39 is 5.97 Å². The lowest BCUT2D eigenvalue weighted by Crippen LogP contribution is -2.22. The average Bonchev–Trinajstić information content (AvgIpc) is 3.49. The first-order valence-electron chi connectivity index (χ1n) is 10.9. The topological polar surface area (TPSA) is 106 Å². The maximum atomic E-state index is 12.9. The van der Waals surface area contributed by atoms with Crippen LogP contribution in [-0.4, -0.2) is 41.5 Å². The van der Waals surface area contributed by atoms with E-state index in [-0.39, 0.29) is 30.2 Å². The Kier molecular flexibility index (Phi) is 5.54. The normalized spacial score (nSPS) is 11.2. The number of para-hydroxylation sites is 2. The van der Waals surface area contributed by atoms with Gasteiger partial charge in [0.2, 0.25) is 11.5 Å². The average molecular weight is 458 g/mol. The fourth-order valence-corrected chi connectivity index (χ4v) is 3.85. The summed E-state index contributed by atoms with van der Waals surface area (Å²) < 4.78 is 16.1. The molecule has 3 aromatic heterocycles. The molecule has 0 fully saturated rings. The molecular weight excluding hydrogens is 436 g/mol. The Bertz CT molecular complexity index is 1550. The molecule has 3 heterocycles. The first-order chi connectivity index (χ1) is 16.6. The van der Waals surface area contributed by atoms with Gasteiger partial charge in [0.05, 0.1) is 29.4 Å². The van der Waals surface area contributed by atoms with Crippen LogP contribution in [0.25, 0.3) is 22.4 Å². The number of ether oxygens (including phenoxy) is 2. The van der Waals surface area contributed by atoms with Crippen LogP contribution in [0.2, 0.25) is 0 Å². The number of esters is 1. The number of aryl methyl sites for hydroxylation is 1. The molecule has 2 aromatic carbocycles. The minimum atomic E-state index is -0.580. The van der Waals surface area contributed by atoms with Crippen LogP contribution >= 0.6 is 0 Å². The Morgan fingerprint density at radius 3 is 2.53 bits per heavy atom. The molecule has 0 saturated heterocycles. The zero-order valence-electron chi connectivity index (χ0n) is 18.7. The molecule has 0 spiro atoms. The Hall–Kier alpha value is -4.47. The summed E-state index contributed by atoms with van der Waals surface area (Å²) in [6, 6.07) is 16.7. The molecule has 5 aromatic rings. The lowest BCUT2D eigenvalue weighted by molar-refractivity contribution is 0.0513. The van der Waals surface area contributed by atoms with E-state index in [2.05, 4.69) is 15.3 Å². The van der Waals surface area contributed by atoms with E-state index >= 15 is 0 Å². The SMILES string of the molecule is CCOC(=O)c1nn(-c2ccccc2)cc1OCc1nnc2n(CC)c(=O)c3ccccc3n12. The summed E-state index contributed by atoms with van der Waals surface area (Å²) in [4.78, 5) is 25.4. The van der Waals surface area contributed by atoms with E-state index in [1.807, 2.05) is 55.5 Å². The predicted molar refractivity (Wildman–Crippen MR) is 124 cm³/mol. The van der Waals surface area contributed by atoms with Crippen LogP contribution in [0, 0.1) is 0 Å². The minimum absolute atomic E-state index is 0.0000327. The molecule has 0 aliphatic carbocycles. The highest BCUT2D eigenvalue weighted by molar-refractivity contribution is 5.90. The van der Waals surface area contributed by atoms with Crippen molar-refractivity contribution < 1.29 is 14.3 Å². The molecule has 0 atom stereocenters. The Balaban J connectivity index is 1.56. The van der Waals surface area contributed by atoms with Crippen LogP contribution in [0.4, 0.5) is 0 Å². The molecule has 10 nitrogen and oxygen atoms in total. The van der Waals surface area contributed by atoms with E-state index in [4.69, 9.17) is 9.47 Å². The van der Waals surface area contributed by atoms with Crippen molar-refractivity contribution in [3.05, 3.63) is 82.7 Å². The largest absolute Gasteiger partial charge is 0.481 e. The van der Waals surface area contributed by atoms with E-state index in [0.717, 1.165) is 5.69 Å². The number of aromatic nitrogens is 6. The first-order valence-corrected chi connectivity index (χ1v) is 10.9. The van der Waals surface area contributed by atoms with Crippen molar-refractivity contribution in [3.63, 3.8) is 0 Å². The van der Waals surface area contributed by atoms with Gasteiger partial charge in [-0.3, -0.25) is 13.8 Å². The van der Waals surface area contributed by atoms with Crippen molar-refractivity contribution in [2.45, 2.75) is 27.0 Å². The number of nitrogens with zero attached hydrogens (tertiary/aromatic N) is 6. The number of hydrogen-bond acceptors (Lipinski definition) is 7. The monoisotopic (exact) mass is 458 g/mol. The molecule has 0 radical (unpaired) electrons. The molecule has 0 saturated carbocycles. The summed E-state index contributed by atoms with van der Waals surface area (Å²) in [6.45, 7) is 4.27. The van der Waals surface area contributed by atoms with Crippen molar-refractivity contribution >= 4 is 22.6 Å². The van der Waals surface area contributed by atoms with Crippen molar-refractivity contribution in [2.24, 2.45) is 0 Å². The summed E-state index contributed by atoms with van der Waals surface area (Å²) in [6.07, 6.45) is 1.63. The number of carbonyl (C=O) groups is 1. The van der Waals surface area contributed by atoms with Crippen LogP contribution in [0.5, 0.6) is 5.75 Å². The van der Waals surface area contributed by atoms with Crippen molar-refractivity contribution in [2.75, 3.05) is 6.61 Å². The fourth-order valence-electron chi connectivity index (χ4n) is 3.85. The summed E-state index contributed by atoms with van der Waals surface area (Å²) >= 11 is 0. The molecule has 0 aliphatic heterocycles. The van der Waals surface area contributed by atoms with Crippen LogP contribution in [0.3, 0.4) is 0 Å². The van der Waals surface area contributed by atoms with Gasteiger partial charge in [0.1, 0.15) is 6.61 Å². The predicted octanol–water partition coefficient (Wildman–Crippen LogP) is 3.01. The molecule has 172 valence electrons. The molecule has 5 rings (SSSR count). The van der Waals surface area contributed by atoms with Gasteiger partial charge in [-0.05, 0) is 38.1 Å². The Morgan fingerprint density at radius 2 is 1.76 bits per heavy atom. The minimum Gasteiger partial charge on any atom is -0.481 e. The number of carbonyl (C=O) groups excluding carboxylic acids is 1. The third-order valence-corrected chi connectivity index (χ3v) is 5.42. The smallest absolute Gasteiger partial charge is 0.362 e. The molecule has 0 N–H and O–H groups in total. The van der Waals surface area contributed by atoms with Gasteiger partial charge in [0, 0.05) is 6.54 Å². The van der Waals surface area contributed by atoms with Crippen molar-refractivity contribution in [3.8, 4) is 11.4 Å². The van der Waals surface area contributed by atoms with Gasteiger partial charge in [-0.25, -0.2) is 9.48 Å². The summed E-state index contributed by atoms with van der Waals surface area (Å²) in [5, 5.41) is 13.4. The van der Waals surface area contributed by atoms with Gasteiger partial charge < -0.3 is 9.47 Å². The lowest BCUT2D eigenvalue weighted by atomic mass is 10.2. The second-order valence-electron chi connectivity index (χ2n) is 7.45. The van der Waals surface area contributed by atoms with Crippen molar-refractivity contribution in [1.82, 2.24) is 28.9 Å². The quantitative estimate of drug-likeness (QED) is 0.345. The van der Waals surface area contributed by atoms with Gasteiger partial charge >= 0.3 is 5.97 Å². The molecule has 0 amide bonds. The number of rotatable bonds is 7. The zero-order valence-corrected chi connectivity index (χ0v) is 18.7. The van der Waals surface area contributed by atoms with Crippen LogP contribution in [0.15, 0.2) is 65.6 Å². The fraction of sp³-hybridized carbons (Fsp3) is 0.208. The van der Waals surface area contributed by atoms with Crippen molar-refractivity contribution in [1.29, 1.82) is 0 Å². The van der Waals surface area contributed by atoms with E-state index in [1.165, 1.54) is 0 Å². The second kappa shape index (κ2) is 8.81. The van der Waals surface area contributed by atoms with Crippen LogP contribution in [0.1, 0.15) is 30.2 Å². The molecule has 0 aliphatic rings. The van der Waals surface area contributed by atoms with Gasteiger partial charge in [-0.1, -0.05) is 30.3 Å². The molecule has 0 bridgehead atoms. The molecular formula is C24H22N6O4. The maximum absolute atomic E-state index is 12.9. The maximum Gasteiger partial charge on any atom is 0.362 e. The number of hydrogen-bond donors (Lipinski definition) is 0. The third-order valence-electron chi connectivity index (χ3n) is 5.42. The van der Waals surface area contributed by atoms with Gasteiger partial charge in [-0.15, -0.1) is 10.2 Å². The lowest BCUT2D eigenvalue weighted by Gasteiger charge is -2.10. The van der Waals surface area contributed by atoms with E-state index in [1.54, 1.807) is 32.8 Å². The summed E-state index contributed by atoms with van der Waals surface area (Å²) in [7, 11) is 0. The highest BCUT2D eigenvalue weighted by Crippen LogP contribution is 2.23. The Morgan fingerprint density at radius 1 is 1.00 bits per heavy atom. The first kappa shape index (κ1) is 21.4. The Labute approximate surface area is 194 Å². The standard InChI is InChI=1S/C24H22N6O4/c1-3-28-22(31)17-12-8-9-13-18(17)30-20(25-26-24(28)30)15-34-19-14-29(16-10-6-5-7-11-16)27-21(19)23(32)33-4-2/h5-14H,3-4,15H2,1-2H3. The number of benzene rings is 2. The van der Waals surface area contributed by atoms with Gasteiger partial charge in [0.25, 0.3) is 5.56 Å². The highest BCUT2D eigenvalue weighted by Gasteiger charge is 2.22. The van der Waals surface area contributed by atoms with E-state index in [9.17, 15) is 9.59 Å². The molecule has 10 heteroatoms. The molecule has 34 heavy (non-hydrogen) atoms. The van der Waals surface area contributed by atoms with Crippen LogP contribution < -0.4 is 10.3 Å².